The minimum atomic E-state index is -0.690. The van der Waals surface area contributed by atoms with Crippen molar-refractivity contribution in [1.29, 1.82) is 0 Å². The number of hydrogen-bond acceptors (Lipinski definition) is 2. The largest absolute Gasteiger partial charge is 0.444 e. The lowest BCUT2D eigenvalue weighted by Crippen LogP contribution is -2.14. The number of carbonyl (C=O) groups excluding carboxylic acids is 1. The van der Waals surface area contributed by atoms with Gasteiger partial charge in [0.2, 0.25) is 0 Å². The molecule has 0 bridgehead atoms. The molecular weight excluding hydrogens is 313 g/mol. The Kier molecular flexibility index (Phi) is 4.52. The maximum absolute atomic E-state index is 13.5. The Hall–Kier alpha value is -1.88. The predicted octanol–water partition coefficient (Wildman–Crippen LogP) is 4.34. The summed E-state index contributed by atoms with van der Waals surface area (Å²) in [6, 6.07) is 13.6. The molecule has 0 saturated carbocycles. The average Bonchev–Trinajstić information content (AvgIpc) is 2.41. The predicted molar refractivity (Wildman–Crippen MR) is 74.3 cm³/mol. The number of nitrogens with one attached hydrogen (secondary N) is 1. The molecule has 19 heavy (non-hydrogen) atoms. The van der Waals surface area contributed by atoms with E-state index in [-0.39, 0.29) is 12.3 Å². The average molecular weight is 324 g/mol. The van der Waals surface area contributed by atoms with Gasteiger partial charge in [-0.2, -0.15) is 0 Å². The second-order valence-corrected chi connectivity index (χ2v) is 4.73. The molecule has 0 unspecified atom stereocenters. The molecule has 2 aromatic rings. The number of amides is 1. The van der Waals surface area contributed by atoms with Crippen LogP contribution in [0.2, 0.25) is 0 Å². The number of benzene rings is 2. The Morgan fingerprint density at radius 1 is 1.21 bits per heavy atom. The van der Waals surface area contributed by atoms with Crippen molar-refractivity contribution in [1.82, 2.24) is 0 Å². The topological polar surface area (TPSA) is 38.3 Å². The van der Waals surface area contributed by atoms with Gasteiger partial charge in [0.25, 0.3) is 0 Å². The molecule has 1 amide bonds. The molecule has 0 fully saturated rings. The van der Waals surface area contributed by atoms with Crippen LogP contribution in [0.4, 0.5) is 14.9 Å². The second-order valence-electron chi connectivity index (χ2n) is 3.81. The van der Waals surface area contributed by atoms with Crippen LogP contribution in [0.3, 0.4) is 0 Å². The normalized spacial score (nSPS) is 10.0. The molecule has 0 atom stereocenters. The van der Waals surface area contributed by atoms with E-state index in [9.17, 15) is 9.18 Å². The Bertz CT molecular complexity index is 575. The highest BCUT2D eigenvalue weighted by atomic mass is 79.9. The van der Waals surface area contributed by atoms with E-state index in [4.69, 9.17) is 4.74 Å². The minimum Gasteiger partial charge on any atom is -0.444 e. The number of carbonyl (C=O) groups is 1. The van der Waals surface area contributed by atoms with Gasteiger partial charge in [-0.15, -0.1) is 0 Å². The van der Waals surface area contributed by atoms with Crippen molar-refractivity contribution in [3.63, 3.8) is 0 Å². The molecule has 0 aliphatic carbocycles. The van der Waals surface area contributed by atoms with Crippen molar-refractivity contribution in [2.45, 2.75) is 6.61 Å². The first kappa shape index (κ1) is 13.5. The monoisotopic (exact) mass is 323 g/mol. The fraction of sp³-hybridized carbons (Fsp3) is 0.0714. The van der Waals surface area contributed by atoms with Crippen LogP contribution >= 0.6 is 15.9 Å². The first-order chi connectivity index (χ1) is 9.15. The summed E-state index contributed by atoms with van der Waals surface area (Å²) in [5.74, 6) is -0.522. The van der Waals surface area contributed by atoms with Gasteiger partial charge in [-0.1, -0.05) is 46.3 Å². The Morgan fingerprint density at radius 2 is 1.95 bits per heavy atom. The highest BCUT2D eigenvalue weighted by Crippen LogP contribution is 2.19. The van der Waals surface area contributed by atoms with Crippen LogP contribution in [0.1, 0.15) is 5.56 Å². The highest BCUT2D eigenvalue weighted by molar-refractivity contribution is 9.10. The molecule has 3 nitrogen and oxygen atoms in total. The van der Waals surface area contributed by atoms with E-state index < -0.39 is 11.9 Å². The van der Waals surface area contributed by atoms with Gasteiger partial charge in [0.1, 0.15) is 12.4 Å². The SMILES string of the molecule is O=C(Nc1ccc(Br)cc1F)OCc1ccccc1. The fourth-order valence-corrected chi connectivity index (χ4v) is 1.79. The summed E-state index contributed by atoms with van der Waals surface area (Å²) in [6.07, 6.45) is -0.690. The van der Waals surface area contributed by atoms with E-state index in [1.165, 1.54) is 12.1 Å². The van der Waals surface area contributed by atoms with Crippen molar-refractivity contribution in [3.05, 3.63) is 64.4 Å². The van der Waals surface area contributed by atoms with E-state index >= 15 is 0 Å². The molecule has 0 spiro atoms. The maximum Gasteiger partial charge on any atom is 0.412 e. The van der Waals surface area contributed by atoms with Crippen LogP contribution in [0, 0.1) is 5.82 Å². The zero-order valence-electron chi connectivity index (χ0n) is 9.90. The van der Waals surface area contributed by atoms with Gasteiger partial charge < -0.3 is 4.74 Å². The summed E-state index contributed by atoms with van der Waals surface area (Å²) in [4.78, 5) is 11.5. The molecule has 98 valence electrons. The van der Waals surface area contributed by atoms with E-state index in [0.29, 0.717) is 4.47 Å². The van der Waals surface area contributed by atoms with Crippen LogP contribution in [-0.4, -0.2) is 6.09 Å². The van der Waals surface area contributed by atoms with E-state index in [1.54, 1.807) is 6.07 Å². The van der Waals surface area contributed by atoms with Gasteiger partial charge in [-0.05, 0) is 23.8 Å². The molecule has 0 aliphatic heterocycles. The standard InChI is InChI=1S/C14H11BrFNO2/c15-11-6-7-13(12(16)8-11)17-14(18)19-9-10-4-2-1-3-5-10/h1-8H,9H2,(H,17,18). The lowest BCUT2D eigenvalue weighted by atomic mass is 10.2. The van der Waals surface area contributed by atoms with Gasteiger partial charge in [0.05, 0.1) is 5.69 Å². The maximum atomic E-state index is 13.5. The van der Waals surface area contributed by atoms with Crippen molar-refractivity contribution < 1.29 is 13.9 Å². The number of hydrogen-bond donors (Lipinski definition) is 1. The minimum absolute atomic E-state index is 0.0845. The zero-order valence-corrected chi connectivity index (χ0v) is 11.5. The van der Waals surface area contributed by atoms with Crippen LogP contribution < -0.4 is 5.32 Å². The molecular formula is C14H11BrFNO2. The van der Waals surface area contributed by atoms with Crippen LogP contribution in [0.25, 0.3) is 0 Å². The van der Waals surface area contributed by atoms with E-state index in [1.807, 2.05) is 30.3 Å². The third-order valence-electron chi connectivity index (χ3n) is 2.38. The molecule has 0 aromatic heterocycles. The Labute approximate surface area is 118 Å². The van der Waals surface area contributed by atoms with Gasteiger partial charge in [0, 0.05) is 4.47 Å². The first-order valence-corrected chi connectivity index (χ1v) is 6.37. The summed E-state index contributed by atoms with van der Waals surface area (Å²) in [5.41, 5.74) is 0.954. The number of ether oxygens (including phenoxy) is 1. The quantitative estimate of drug-likeness (QED) is 0.912. The lowest BCUT2D eigenvalue weighted by molar-refractivity contribution is 0.155. The molecule has 0 aliphatic rings. The Morgan fingerprint density at radius 3 is 2.63 bits per heavy atom. The van der Waals surface area contributed by atoms with Crippen LogP contribution in [0.15, 0.2) is 53.0 Å². The summed E-state index contributed by atoms with van der Waals surface area (Å²) < 4.78 is 19.1. The first-order valence-electron chi connectivity index (χ1n) is 5.58. The van der Waals surface area contributed by atoms with Gasteiger partial charge in [0.15, 0.2) is 0 Å². The summed E-state index contributed by atoms with van der Waals surface area (Å²) >= 11 is 3.14. The van der Waals surface area contributed by atoms with Crippen molar-refractivity contribution in [2.24, 2.45) is 0 Å². The highest BCUT2D eigenvalue weighted by Gasteiger charge is 2.08. The van der Waals surface area contributed by atoms with Gasteiger partial charge in [-0.25, -0.2) is 9.18 Å². The Balaban J connectivity index is 1.91. The van der Waals surface area contributed by atoms with Crippen molar-refractivity contribution in [3.8, 4) is 0 Å². The summed E-state index contributed by atoms with van der Waals surface area (Å²) in [6.45, 7) is 0.144. The molecule has 0 radical (unpaired) electrons. The zero-order chi connectivity index (χ0) is 13.7. The van der Waals surface area contributed by atoms with Crippen LogP contribution in [0.5, 0.6) is 0 Å². The third kappa shape index (κ3) is 4.06. The number of halogens is 2. The summed E-state index contributed by atoms with van der Waals surface area (Å²) in [7, 11) is 0. The molecule has 2 rings (SSSR count). The van der Waals surface area contributed by atoms with E-state index in [2.05, 4.69) is 21.2 Å². The molecule has 0 heterocycles. The third-order valence-corrected chi connectivity index (χ3v) is 2.87. The van der Waals surface area contributed by atoms with Crippen molar-refractivity contribution in [2.75, 3.05) is 5.32 Å². The van der Waals surface area contributed by atoms with Gasteiger partial charge >= 0.3 is 6.09 Å². The number of rotatable bonds is 3. The van der Waals surface area contributed by atoms with E-state index in [0.717, 1.165) is 5.56 Å². The molecule has 1 N–H and O–H groups in total. The fourth-order valence-electron chi connectivity index (χ4n) is 1.46. The second kappa shape index (κ2) is 6.33. The van der Waals surface area contributed by atoms with Crippen LogP contribution in [-0.2, 0) is 11.3 Å². The summed E-state index contributed by atoms with van der Waals surface area (Å²) in [5, 5.41) is 2.35. The molecule has 2 aromatic carbocycles. The van der Waals surface area contributed by atoms with Crippen molar-refractivity contribution >= 4 is 27.7 Å². The lowest BCUT2D eigenvalue weighted by Gasteiger charge is -2.08. The molecule has 5 heteroatoms. The molecule has 0 saturated heterocycles. The van der Waals surface area contributed by atoms with Gasteiger partial charge in [-0.3, -0.25) is 5.32 Å². The number of anilines is 1. The smallest absolute Gasteiger partial charge is 0.412 e.